The first-order chi connectivity index (χ1) is 11.1. The molecule has 0 amide bonds. The molecular weight excluding hydrogens is 332 g/mol. The molecule has 3 nitrogen and oxygen atoms in total. The zero-order chi connectivity index (χ0) is 16.8. The number of carbonyl (C=O) groups excluding carboxylic acids is 1. The van der Waals surface area contributed by atoms with E-state index in [0.717, 1.165) is 10.5 Å². The molecule has 0 fully saturated rings. The molecule has 0 spiro atoms. The first-order valence-electron chi connectivity index (χ1n) is 6.87. The largest absolute Gasteiger partial charge is 0.493 e. The van der Waals surface area contributed by atoms with Gasteiger partial charge < -0.3 is 9.47 Å². The van der Waals surface area contributed by atoms with Crippen LogP contribution in [0.15, 0.2) is 47.4 Å². The van der Waals surface area contributed by atoms with E-state index in [1.165, 1.54) is 13.2 Å². The van der Waals surface area contributed by atoms with Crippen LogP contribution in [0.1, 0.15) is 15.9 Å². The number of benzene rings is 2. The highest BCUT2D eigenvalue weighted by molar-refractivity contribution is 7.98. The highest BCUT2D eigenvalue weighted by Gasteiger charge is 2.10. The minimum atomic E-state index is -0.0661. The summed E-state index contributed by atoms with van der Waals surface area (Å²) in [6.07, 6.45) is 5.22. The molecular formula is C18H17ClO3S. The van der Waals surface area contributed by atoms with E-state index in [1.807, 2.05) is 30.5 Å². The minimum absolute atomic E-state index is 0.0661. The normalized spacial score (nSPS) is 10.8. The van der Waals surface area contributed by atoms with Gasteiger partial charge in [-0.15, -0.1) is 11.8 Å². The van der Waals surface area contributed by atoms with Crippen molar-refractivity contribution in [3.8, 4) is 11.5 Å². The van der Waals surface area contributed by atoms with Gasteiger partial charge in [0.1, 0.15) is 0 Å². The summed E-state index contributed by atoms with van der Waals surface area (Å²) in [7, 11) is 3.07. The summed E-state index contributed by atoms with van der Waals surface area (Å²) in [5.74, 6) is 0.935. The molecule has 0 heterocycles. The van der Waals surface area contributed by atoms with E-state index in [9.17, 15) is 4.79 Å². The predicted octanol–water partition coefficient (Wildman–Crippen LogP) is 4.98. The summed E-state index contributed by atoms with van der Waals surface area (Å²) in [5.41, 5.74) is 1.41. The van der Waals surface area contributed by atoms with Crippen LogP contribution in [0.25, 0.3) is 6.08 Å². The first-order valence-corrected chi connectivity index (χ1v) is 8.47. The number of allylic oxidation sites excluding steroid dienone is 1. The summed E-state index contributed by atoms with van der Waals surface area (Å²) >= 11 is 7.79. The van der Waals surface area contributed by atoms with Crippen molar-refractivity contribution in [1.29, 1.82) is 0 Å². The van der Waals surface area contributed by atoms with Crippen molar-refractivity contribution in [2.45, 2.75) is 4.90 Å². The number of thioether (sulfide) groups is 1. The third-order valence-corrected chi connectivity index (χ3v) is 4.28. The molecule has 0 unspecified atom stereocenters. The Labute approximate surface area is 145 Å². The number of halogens is 1. The van der Waals surface area contributed by atoms with Gasteiger partial charge in [0.15, 0.2) is 17.3 Å². The van der Waals surface area contributed by atoms with E-state index >= 15 is 0 Å². The average molecular weight is 349 g/mol. The van der Waals surface area contributed by atoms with Crippen LogP contribution in [0, 0.1) is 0 Å². The van der Waals surface area contributed by atoms with Crippen molar-refractivity contribution in [2.24, 2.45) is 0 Å². The molecule has 0 aliphatic carbocycles. The van der Waals surface area contributed by atoms with Gasteiger partial charge in [-0.2, -0.15) is 0 Å². The molecule has 23 heavy (non-hydrogen) atoms. The second-order valence-electron chi connectivity index (χ2n) is 4.66. The quantitative estimate of drug-likeness (QED) is 0.419. The summed E-state index contributed by atoms with van der Waals surface area (Å²) in [5, 5.41) is 0.434. The van der Waals surface area contributed by atoms with E-state index in [0.29, 0.717) is 22.1 Å². The topological polar surface area (TPSA) is 35.5 Å². The highest BCUT2D eigenvalue weighted by atomic mass is 35.5. The van der Waals surface area contributed by atoms with E-state index in [1.54, 1.807) is 37.1 Å². The second kappa shape index (κ2) is 8.09. The Morgan fingerprint density at radius 2 is 1.83 bits per heavy atom. The Morgan fingerprint density at radius 1 is 1.13 bits per heavy atom. The molecule has 0 aliphatic rings. The molecule has 0 bridgehead atoms. The molecule has 2 aromatic carbocycles. The van der Waals surface area contributed by atoms with Crippen LogP contribution in [0.3, 0.4) is 0 Å². The van der Waals surface area contributed by atoms with Crippen LogP contribution in [0.2, 0.25) is 5.02 Å². The van der Waals surface area contributed by atoms with Crippen LogP contribution < -0.4 is 9.47 Å². The number of rotatable bonds is 6. The Hall–Kier alpha value is -1.91. The molecule has 0 radical (unpaired) electrons. The van der Waals surface area contributed by atoms with Crippen LogP contribution in [-0.4, -0.2) is 26.3 Å². The van der Waals surface area contributed by atoms with E-state index in [4.69, 9.17) is 21.1 Å². The van der Waals surface area contributed by atoms with Crippen molar-refractivity contribution >= 4 is 35.2 Å². The van der Waals surface area contributed by atoms with Crippen molar-refractivity contribution in [3.05, 3.63) is 58.6 Å². The van der Waals surface area contributed by atoms with Gasteiger partial charge in [0.05, 0.1) is 19.2 Å². The predicted molar refractivity (Wildman–Crippen MR) is 96.1 cm³/mol. The molecule has 0 saturated heterocycles. The zero-order valence-electron chi connectivity index (χ0n) is 13.1. The molecule has 0 aliphatic heterocycles. The van der Waals surface area contributed by atoms with Crippen LogP contribution >= 0.6 is 23.4 Å². The molecule has 0 atom stereocenters. The first kappa shape index (κ1) is 17.4. The Morgan fingerprint density at radius 3 is 2.39 bits per heavy atom. The maximum atomic E-state index is 12.2. The van der Waals surface area contributed by atoms with Crippen LogP contribution in [0.4, 0.5) is 0 Å². The fourth-order valence-corrected chi connectivity index (χ4v) is 2.76. The Balaban J connectivity index is 2.21. The van der Waals surface area contributed by atoms with Crippen molar-refractivity contribution in [2.75, 3.05) is 20.5 Å². The molecule has 120 valence electrons. The van der Waals surface area contributed by atoms with Crippen molar-refractivity contribution in [1.82, 2.24) is 0 Å². The zero-order valence-corrected chi connectivity index (χ0v) is 14.7. The number of hydrogen-bond acceptors (Lipinski definition) is 4. The lowest BCUT2D eigenvalue weighted by Gasteiger charge is -2.10. The van der Waals surface area contributed by atoms with Crippen LogP contribution in [-0.2, 0) is 0 Å². The monoisotopic (exact) mass is 348 g/mol. The van der Waals surface area contributed by atoms with Gasteiger partial charge in [0.25, 0.3) is 0 Å². The lowest BCUT2D eigenvalue weighted by molar-refractivity contribution is 0.104. The molecule has 2 aromatic rings. The fraction of sp³-hybridized carbons (Fsp3) is 0.167. The van der Waals surface area contributed by atoms with Gasteiger partial charge in [-0.3, -0.25) is 4.79 Å². The number of carbonyl (C=O) groups is 1. The van der Waals surface area contributed by atoms with E-state index < -0.39 is 0 Å². The lowest BCUT2D eigenvalue weighted by Crippen LogP contribution is -1.94. The average Bonchev–Trinajstić information content (AvgIpc) is 2.59. The van der Waals surface area contributed by atoms with E-state index in [2.05, 4.69) is 0 Å². The smallest absolute Gasteiger partial charge is 0.185 e. The van der Waals surface area contributed by atoms with Gasteiger partial charge >= 0.3 is 0 Å². The van der Waals surface area contributed by atoms with Gasteiger partial charge in [0, 0.05) is 10.5 Å². The van der Waals surface area contributed by atoms with Gasteiger partial charge in [-0.1, -0.05) is 17.7 Å². The molecule has 5 heteroatoms. The van der Waals surface area contributed by atoms with Gasteiger partial charge in [-0.05, 0) is 54.3 Å². The van der Waals surface area contributed by atoms with Crippen molar-refractivity contribution < 1.29 is 14.3 Å². The highest BCUT2D eigenvalue weighted by Crippen LogP contribution is 2.36. The van der Waals surface area contributed by atoms with Gasteiger partial charge in [-0.25, -0.2) is 0 Å². The van der Waals surface area contributed by atoms with Gasteiger partial charge in [0.2, 0.25) is 0 Å². The van der Waals surface area contributed by atoms with Crippen LogP contribution in [0.5, 0.6) is 11.5 Å². The Bertz CT molecular complexity index is 724. The third kappa shape index (κ3) is 4.30. The molecule has 2 rings (SSSR count). The fourth-order valence-electron chi connectivity index (χ4n) is 2.06. The molecule has 0 saturated carbocycles. The summed E-state index contributed by atoms with van der Waals surface area (Å²) < 4.78 is 10.4. The number of hydrogen-bond donors (Lipinski definition) is 0. The number of methoxy groups -OCH3 is 2. The van der Waals surface area contributed by atoms with E-state index in [-0.39, 0.29) is 5.78 Å². The summed E-state index contributed by atoms with van der Waals surface area (Å²) in [4.78, 5) is 13.3. The summed E-state index contributed by atoms with van der Waals surface area (Å²) in [6.45, 7) is 0. The minimum Gasteiger partial charge on any atom is -0.493 e. The standard InChI is InChI=1S/C18H17ClO3S/c1-21-17-11-12(10-15(19)18(17)22-2)4-9-16(20)13-5-7-14(23-3)8-6-13/h4-11H,1-3H3/b9-4+. The molecule has 0 N–H and O–H groups in total. The lowest BCUT2D eigenvalue weighted by atomic mass is 10.1. The Kier molecular flexibility index (Phi) is 6.13. The number of ether oxygens (including phenoxy) is 2. The SMILES string of the molecule is COc1cc(/C=C/C(=O)c2ccc(SC)cc2)cc(Cl)c1OC. The third-order valence-electron chi connectivity index (χ3n) is 3.26. The molecule has 0 aromatic heterocycles. The number of ketones is 1. The maximum Gasteiger partial charge on any atom is 0.185 e. The summed E-state index contributed by atoms with van der Waals surface area (Å²) in [6, 6.07) is 11.0. The maximum absolute atomic E-state index is 12.2. The van der Waals surface area contributed by atoms with Crippen molar-refractivity contribution in [3.63, 3.8) is 0 Å². The second-order valence-corrected chi connectivity index (χ2v) is 5.95.